The Morgan fingerprint density at radius 2 is 2.05 bits per heavy atom. The number of nitrogens with zero attached hydrogens (tertiary/aromatic N) is 3. The third kappa shape index (κ3) is 3.64. The van der Waals surface area contributed by atoms with Crippen molar-refractivity contribution in [2.75, 3.05) is 5.75 Å². The Bertz CT molecular complexity index is 625. The van der Waals surface area contributed by atoms with Gasteiger partial charge >= 0.3 is 5.97 Å². The van der Waals surface area contributed by atoms with Crippen LogP contribution < -0.4 is 0 Å². The third-order valence-electron chi connectivity index (χ3n) is 3.13. The lowest BCUT2D eigenvalue weighted by Gasteiger charge is -2.11. The standard InChI is InChI=1S/C15H19N3O2S/c1-3-9-18-14(12-8-6-5-7-11(12)4-2)16-17-15(18)21-10-13(19)20/h5-8H,3-4,9-10H2,1-2H3,(H,19,20). The van der Waals surface area contributed by atoms with Crippen molar-refractivity contribution in [3.63, 3.8) is 0 Å². The van der Waals surface area contributed by atoms with Crippen LogP contribution in [0, 0.1) is 0 Å². The molecule has 0 aliphatic heterocycles. The number of carbonyl (C=O) groups is 1. The molecule has 1 N–H and O–H groups in total. The predicted octanol–water partition coefficient (Wildman–Crippen LogP) is 3.09. The smallest absolute Gasteiger partial charge is 0.313 e. The van der Waals surface area contributed by atoms with Gasteiger partial charge in [-0.3, -0.25) is 4.79 Å². The highest BCUT2D eigenvalue weighted by molar-refractivity contribution is 7.99. The minimum Gasteiger partial charge on any atom is -0.481 e. The number of thioether (sulfide) groups is 1. The van der Waals surface area contributed by atoms with Crippen LogP contribution in [-0.2, 0) is 17.8 Å². The summed E-state index contributed by atoms with van der Waals surface area (Å²) in [5.41, 5.74) is 2.29. The SMILES string of the molecule is CCCn1c(SCC(=O)O)nnc1-c1ccccc1CC. The minimum absolute atomic E-state index is 0.00271. The number of carboxylic acid groups (broad SMARTS) is 1. The summed E-state index contributed by atoms with van der Waals surface area (Å²) in [6.07, 6.45) is 1.87. The Kier molecular flexibility index (Phi) is 5.38. The molecule has 0 aliphatic carbocycles. The highest BCUT2D eigenvalue weighted by Crippen LogP contribution is 2.27. The second-order valence-electron chi connectivity index (χ2n) is 4.65. The van der Waals surface area contributed by atoms with E-state index in [4.69, 9.17) is 5.11 Å². The van der Waals surface area contributed by atoms with Crippen LogP contribution in [0.3, 0.4) is 0 Å². The average molecular weight is 305 g/mol. The highest BCUT2D eigenvalue weighted by Gasteiger charge is 2.16. The van der Waals surface area contributed by atoms with Crippen LogP contribution in [0.25, 0.3) is 11.4 Å². The summed E-state index contributed by atoms with van der Waals surface area (Å²) < 4.78 is 2.02. The lowest BCUT2D eigenvalue weighted by Crippen LogP contribution is -2.05. The first-order valence-corrected chi connectivity index (χ1v) is 8.02. The van der Waals surface area contributed by atoms with Crippen LogP contribution in [-0.4, -0.2) is 31.6 Å². The zero-order chi connectivity index (χ0) is 15.2. The van der Waals surface area contributed by atoms with Crippen molar-refractivity contribution in [2.45, 2.75) is 38.4 Å². The summed E-state index contributed by atoms with van der Waals surface area (Å²) in [7, 11) is 0. The van der Waals surface area contributed by atoms with Crippen LogP contribution in [0.2, 0.25) is 0 Å². The number of carboxylic acids is 1. The fraction of sp³-hybridized carbons (Fsp3) is 0.400. The quantitative estimate of drug-likeness (QED) is 0.796. The maximum absolute atomic E-state index is 10.7. The van der Waals surface area contributed by atoms with Crippen LogP contribution in [0.5, 0.6) is 0 Å². The molecule has 1 aromatic carbocycles. The Morgan fingerprint density at radius 3 is 2.71 bits per heavy atom. The second-order valence-corrected chi connectivity index (χ2v) is 5.59. The van der Waals surface area contributed by atoms with Gasteiger partial charge in [-0.05, 0) is 18.4 Å². The molecule has 0 aliphatic rings. The lowest BCUT2D eigenvalue weighted by molar-refractivity contribution is -0.133. The van der Waals surface area contributed by atoms with Gasteiger partial charge in [0.05, 0.1) is 5.75 Å². The van der Waals surface area contributed by atoms with E-state index >= 15 is 0 Å². The average Bonchev–Trinajstić information content (AvgIpc) is 2.88. The van der Waals surface area contributed by atoms with Crippen LogP contribution in [0.1, 0.15) is 25.8 Å². The molecule has 5 nitrogen and oxygen atoms in total. The van der Waals surface area contributed by atoms with Gasteiger partial charge in [0.15, 0.2) is 11.0 Å². The Labute approximate surface area is 128 Å². The zero-order valence-electron chi connectivity index (χ0n) is 12.2. The number of aryl methyl sites for hydroxylation is 1. The van der Waals surface area contributed by atoms with Crippen molar-refractivity contribution < 1.29 is 9.90 Å². The number of aliphatic carboxylic acids is 1. The maximum atomic E-state index is 10.7. The van der Waals surface area contributed by atoms with Crippen molar-refractivity contribution >= 4 is 17.7 Å². The molecule has 0 saturated heterocycles. The van der Waals surface area contributed by atoms with Gasteiger partial charge < -0.3 is 9.67 Å². The molecule has 0 bridgehead atoms. The molecule has 0 unspecified atom stereocenters. The predicted molar refractivity (Wildman–Crippen MR) is 83.5 cm³/mol. The van der Waals surface area contributed by atoms with Gasteiger partial charge in [0, 0.05) is 12.1 Å². The molecule has 2 aromatic rings. The van der Waals surface area contributed by atoms with Gasteiger partial charge in [-0.25, -0.2) is 0 Å². The van der Waals surface area contributed by atoms with Crippen molar-refractivity contribution in [1.82, 2.24) is 14.8 Å². The Morgan fingerprint density at radius 1 is 1.29 bits per heavy atom. The highest BCUT2D eigenvalue weighted by atomic mass is 32.2. The number of aromatic nitrogens is 3. The first-order valence-electron chi connectivity index (χ1n) is 7.03. The molecule has 21 heavy (non-hydrogen) atoms. The van der Waals surface area contributed by atoms with Gasteiger partial charge in [-0.1, -0.05) is 49.9 Å². The molecule has 0 saturated carbocycles. The van der Waals surface area contributed by atoms with Gasteiger partial charge in [-0.15, -0.1) is 10.2 Å². The number of hydrogen-bond acceptors (Lipinski definition) is 4. The topological polar surface area (TPSA) is 68.0 Å². The summed E-state index contributed by atoms with van der Waals surface area (Å²) >= 11 is 1.21. The number of rotatable bonds is 7. The molecule has 0 radical (unpaired) electrons. The first-order chi connectivity index (χ1) is 10.2. The largest absolute Gasteiger partial charge is 0.481 e. The summed E-state index contributed by atoms with van der Waals surface area (Å²) in [6, 6.07) is 8.14. The number of benzene rings is 1. The molecule has 0 atom stereocenters. The monoisotopic (exact) mass is 305 g/mol. The zero-order valence-corrected chi connectivity index (χ0v) is 13.1. The summed E-state index contributed by atoms with van der Waals surface area (Å²) in [4.78, 5) is 10.7. The molecule has 0 fully saturated rings. The van der Waals surface area contributed by atoms with E-state index in [0.717, 1.165) is 30.8 Å². The van der Waals surface area contributed by atoms with E-state index < -0.39 is 5.97 Å². The second kappa shape index (κ2) is 7.26. The molecular formula is C15H19N3O2S. The fourth-order valence-corrected chi connectivity index (χ4v) is 2.88. The molecule has 112 valence electrons. The van der Waals surface area contributed by atoms with Crippen LogP contribution in [0.15, 0.2) is 29.4 Å². The lowest BCUT2D eigenvalue weighted by atomic mass is 10.0. The Hall–Kier alpha value is -1.82. The summed E-state index contributed by atoms with van der Waals surface area (Å²) in [5, 5.41) is 18.0. The van der Waals surface area contributed by atoms with Gasteiger partial charge in [0.25, 0.3) is 0 Å². The first kappa shape index (κ1) is 15.6. The molecular weight excluding hydrogens is 286 g/mol. The summed E-state index contributed by atoms with van der Waals surface area (Å²) in [5.74, 6) is -0.0270. The van der Waals surface area contributed by atoms with Gasteiger partial charge in [0.1, 0.15) is 0 Å². The number of hydrogen-bond donors (Lipinski definition) is 1. The van der Waals surface area contributed by atoms with E-state index in [1.807, 2.05) is 22.8 Å². The molecule has 2 rings (SSSR count). The molecule has 1 aromatic heterocycles. The van der Waals surface area contributed by atoms with E-state index in [1.54, 1.807) is 0 Å². The molecule has 0 spiro atoms. The fourth-order valence-electron chi connectivity index (χ4n) is 2.19. The van der Waals surface area contributed by atoms with Crippen molar-refractivity contribution in [2.24, 2.45) is 0 Å². The Balaban J connectivity index is 2.41. The van der Waals surface area contributed by atoms with E-state index in [0.29, 0.717) is 5.16 Å². The normalized spacial score (nSPS) is 10.8. The van der Waals surface area contributed by atoms with E-state index in [2.05, 4.69) is 30.1 Å². The molecule has 6 heteroatoms. The maximum Gasteiger partial charge on any atom is 0.313 e. The van der Waals surface area contributed by atoms with E-state index in [9.17, 15) is 4.79 Å². The molecule has 0 amide bonds. The molecule has 1 heterocycles. The van der Waals surface area contributed by atoms with Crippen molar-refractivity contribution in [1.29, 1.82) is 0 Å². The van der Waals surface area contributed by atoms with E-state index in [-0.39, 0.29) is 5.75 Å². The van der Waals surface area contributed by atoms with Gasteiger partial charge in [0.2, 0.25) is 0 Å². The minimum atomic E-state index is -0.846. The van der Waals surface area contributed by atoms with Crippen molar-refractivity contribution in [3.8, 4) is 11.4 Å². The summed E-state index contributed by atoms with van der Waals surface area (Å²) in [6.45, 7) is 4.98. The van der Waals surface area contributed by atoms with Crippen molar-refractivity contribution in [3.05, 3.63) is 29.8 Å². The van der Waals surface area contributed by atoms with Crippen LogP contribution in [0.4, 0.5) is 0 Å². The van der Waals surface area contributed by atoms with Crippen LogP contribution >= 0.6 is 11.8 Å². The van der Waals surface area contributed by atoms with E-state index in [1.165, 1.54) is 17.3 Å². The van der Waals surface area contributed by atoms with Gasteiger partial charge in [-0.2, -0.15) is 0 Å². The third-order valence-corrected chi connectivity index (χ3v) is 4.08.